The molecule has 2 amide bonds. The molecule has 1 atom stereocenters. The smallest absolute Gasteiger partial charge is 0.224 e. The Balaban J connectivity index is 1.73. The van der Waals surface area contributed by atoms with Gasteiger partial charge in [-0.15, -0.1) is 0 Å². The molecule has 1 unspecified atom stereocenters. The van der Waals surface area contributed by atoms with Crippen LogP contribution in [0.5, 0.6) is 5.75 Å². The van der Waals surface area contributed by atoms with Crippen LogP contribution >= 0.6 is 0 Å². The van der Waals surface area contributed by atoms with Gasteiger partial charge in [0, 0.05) is 18.5 Å². The van der Waals surface area contributed by atoms with Crippen molar-refractivity contribution in [2.45, 2.75) is 46.1 Å². The van der Waals surface area contributed by atoms with Crippen molar-refractivity contribution in [1.29, 1.82) is 0 Å². The average molecular weight is 368 g/mol. The minimum Gasteiger partial charge on any atom is -0.493 e. The van der Waals surface area contributed by atoms with Crippen LogP contribution in [0.2, 0.25) is 0 Å². The van der Waals surface area contributed by atoms with Gasteiger partial charge in [-0.05, 0) is 49.6 Å². The van der Waals surface area contributed by atoms with Gasteiger partial charge in [-0.1, -0.05) is 37.3 Å². The molecule has 144 valence electrons. The van der Waals surface area contributed by atoms with Crippen molar-refractivity contribution >= 4 is 17.5 Å². The molecule has 0 saturated carbocycles. The maximum atomic E-state index is 12.1. The van der Waals surface area contributed by atoms with Gasteiger partial charge in [-0.25, -0.2) is 0 Å². The minimum atomic E-state index is -0.0919. The van der Waals surface area contributed by atoms with Crippen LogP contribution < -0.4 is 15.4 Å². The molecule has 27 heavy (non-hydrogen) atoms. The van der Waals surface area contributed by atoms with Crippen LogP contribution in [-0.2, 0) is 9.59 Å². The fourth-order valence-corrected chi connectivity index (χ4v) is 2.63. The van der Waals surface area contributed by atoms with Gasteiger partial charge in [0.05, 0.1) is 12.6 Å². The summed E-state index contributed by atoms with van der Waals surface area (Å²) in [5, 5.41) is 5.81. The van der Waals surface area contributed by atoms with Gasteiger partial charge in [0.15, 0.2) is 0 Å². The molecule has 0 aliphatic carbocycles. The van der Waals surface area contributed by atoms with E-state index in [9.17, 15) is 9.59 Å². The first-order chi connectivity index (χ1) is 13.0. The Morgan fingerprint density at radius 3 is 2.41 bits per heavy atom. The number of anilines is 1. The molecule has 0 fully saturated rings. The van der Waals surface area contributed by atoms with E-state index >= 15 is 0 Å². The molecule has 0 aliphatic heterocycles. The van der Waals surface area contributed by atoms with Gasteiger partial charge in [0.1, 0.15) is 5.75 Å². The summed E-state index contributed by atoms with van der Waals surface area (Å²) < 4.78 is 5.72. The fraction of sp³-hybridized carbons (Fsp3) is 0.364. The average Bonchev–Trinajstić information content (AvgIpc) is 2.67. The number of ether oxygens (including phenoxy) is 1. The third-order valence-electron chi connectivity index (χ3n) is 4.29. The molecule has 0 saturated heterocycles. The van der Waals surface area contributed by atoms with Crippen molar-refractivity contribution in [2.24, 2.45) is 0 Å². The largest absolute Gasteiger partial charge is 0.493 e. The van der Waals surface area contributed by atoms with Crippen molar-refractivity contribution < 1.29 is 14.3 Å². The molecule has 2 aromatic carbocycles. The molecule has 0 bridgehead atoms. The van der Waals surface area contributed by atoms with Gasteiger partial charge < -0.3 is 15.4 Å². The summed E-state index contributed by atoms with van der Waals surface area (Å²) in [6.07, 6.45) is 1.53. The maximum Gasteiger partial charge on any atom is 0.224 e. The first kappa shape index (κ1) is 20.5. The van der Waals surface area contributed by atoms with Gasteiger partial charge in [0.25, 0.3) is 0 Å². The third-order valence-corrected chi connectivity index (χ3v) is 4.29. The number of aryl methyl sites for hydroxylation is 1. The zero-order valence-electron chi connectivity index (χ0n) is 16.2. The number of nitrogens with one attached hydrogen (secondary N) is 2. The Hall–Kier alpha value is -2.82. The number of rotatable bonds is 9. The third kappa shape index (κ3) is 6.77. The van der Waals surface area contributed by atoms with E-state index in [0.717, 1.165) is 22.6 Å². The van der Waals surface area contributed by atoms with Crippen molar-refractivity contribution in [2.75, 3.05) is 11.9 Å². The van der Waals surface area contributed by atoms with Gasteiger partial charge in [-0.2, -0.15) is 0 Å². The van der Waals surface area contributed by atoms with E-state index in [1.165, 1.54) is 0 Å². The highest BCUT2D eigenvalue weighted by Gasteiger charge is 2.10. The summed E-state index contributed by atoms with van der Waals surface area (Å²) >= 11 is 0. The second kappa shape index (κ2) is 10.4. The van der Waals surface area contributed by atoms with Gasteiger partial charge in [0.2, 0.25) is 11.8 Å². The second-order valence-electron chi connectivity index (χ2n) is 6.53. The second-order valence-corrected chi connectivity index (χ2v) is 6.53. The molecular weight excluding hydrogens is 340 g/mol. The number of benzene rings is 2. The highest BCUT2D eigenvalue weighted by atomic mass is 16.5. The summed E-state index contributed by atoms with van der Waals surface area (Å²) in [4.78, 5) is 23.5. The molecule has 2 rings (SSSR count). The normalized spacial score (nSPS) is 11.5. The van der Waals surface area contributed by atoms with E-state index in [1.54, 1.807) is 0 Å². The molecule has 0 heterocycles. The van der Waals surface area contributed by atoms with Crippen LogP contribution in [0, 0.1) is 6.92 Å². The molecule has 0 radical (unpaired) electrons. The first-order valence-corrected chi connectivity index (χ1v) is 9.37. The van der Waals surface area contributed by atoms with E-state index < -0.39 is 0 Å². The predicted octanol–water partition coefficient (Wildman–Crippen LogP) is 4.38. The van der Waals surface area contributed by atoms with E-state index in [0.29, 0.717) is 25.9 Å². The van der Waals surface area contributed by atoms with E-state index in [4.69, 9.17) is 4.74 Å². The molecular formula is C22H28N2O3. The van der Waals surface area contributed by atoms with Crippen LogP contribution in [0.15, 0.2) is 48.5 Å². The molecule has 5 heteroatoms. The number of amides is 2. The monoisotopic (exact) mass is 368 g/mol. The number of carbonyl (C=O) groups is 2. The van der Waals surface area contributed by atoms with E-state index in [2.05, 4.69) is 10.6 Å². The summed E-state index contributed by atoms with van der Waals surface area (Å²) in [5.41, 5.74) is 2.85. The minimum absolute atomic E-state index is 0.000698. The Bertz CT molecular complexity index is 756. The Morgan fingerprint density at radius 2 is 1.74 bits per heavy atom. The van der Waals surface area contributed by atoms with Crippen molar-refractivity contribution in [3.8, 4) is 5.75 Å². The lowest BCUT2D eigenvalue weighted by molar-refractivity contribution is -0.122. The van der Waals surface area contributed by atoms with E-state index in [1.807, 2.05) is 69.3 Å². The Labute approximate surface area is 161 Å². The SMILES string of the molecule is CCC(=O)Nc1ccc(C(C)NC(=O)CCCOc2ccccc2C)cc1. The van der Waals surface area contributed by atoms with Crippen LogP contribution in [0.1, 0.15) is 50.3 Å². The molecule has 5 nitrogen and oxygen atoms in total. The van der Waals surface area contributed by atoms with Crippen LogP contribution in [0.25, 0.3) is 0 Å². The summed E-state index contributed by atoms with van der Waals surface area (Å²) in [5.74, 6) is 0.845. The molecule has 2 aromatic rings. The topological polar surface area (TPSA) is 67.4 Å². The number of para-hydroxylation sites is 1. The molecule has 2 N–H and O–H groups in total. The highest BCUT2D eigenvalue weighted by molar-refractivity contribution is 5.90. The van der Waals surface area contributed by atoms with Gasteiger partial charge >= 0.3 is 0 Å². The summed E-state index contributed by atoms with van der Waals surface area (Å²) in [6, 6.07) is 15.3. The quantitative estimate of drug-likeness (QED) is 0.646. The number of hydrogen-bond acceptors (Lipinski definition) is 3. The molecule has 0 spiro atoms. The Morgan fingerprint density at radius 1 is 1.04 bits per heavy atom. The van der Waals surface area contributed by atoms with Crippen molar-refractivity contribution in [3.05, 3.63) is 59.7 Å². The van der Waals surface area contributed by atoms with Crippen LogP contribution in [0.4, 0.5) is 5.69 Å². The molecule has 0 aromatic heterocycles. The lowest BCUT2D eigenvalue weighted by atomic mass is 10.1. The zero-order valence-corrected chi connectivity index (χ0v) is 16.2. The number of hydrogen-bond donors (Lipinski definition) is 2. The highest BCUT2D eigenvalue weighted by Crippen LogP contribution is 2.18. The predicted molar refractivity (Wildman–Crippen MR) is 108 cm³/mol. The van der Waals surface area contributed by atoms with Crippen molar-refractivity contribution in [1.82, 2.24) is 5.32 Å². The Kier molecular flexibility index (Phi) is 7.86. The lowest BCUT2D eigenvalue weighted by Gasteiger charge is -2.15. The maximum absolute atomic E-state index is 12.1. The summed E-state index contributed by atoms with van der Waals surface area (Å²) in [6.45, 7) is 6.27. The number of carbonyl (C=O) groups excluding carboxylic acids is 2. The van der Waals surface area contributed by atoms with Crippen LogP contribution in [-0.4, -0.2) is 18.4 Å². The van der Waals surface area contributed by atoms with Crippen LogP contribution in [0.3, 0.4) is 0 Å². The zero-order chi connectivity index (χ0) is 19.6. The van der Waals surface area contributed by atoms with Gasteiger partial charge in [-0.3, -0.25) is 9.59 Å². The standard InChI is InChI=1S/C22H28N2O3/c1-4-21(25)24-19-13-11-18(12-14-19)17(3)23-22(26)10-7-15-27-20-9-6-5-8-16(20)2/h5-6,8-9,11-14,17H,4,7,10,15H2,1-3H3,(H,23,26)(H,24,25). The fourth-order valence-electron chi connectivity index (χ4n) is 2.63. The van der Waals surface area contributed by atoms with E-state index in [-0.39, 0.29) is 17.9 Å². The lowest BCUT2D eigenvalue weighted by Crippen LogP contribution is -2.26. The summed E-state index contributed by atoms with van der Waals surface area (Å²) in [7, 11) is 0. The first-order valence-electron chi connectivity index (χ1n) is 9.37. The van der Waals surface area contributed by atoms with Crippen molar-refractivity contribution in [3.63, 3.8) is 0 Å². The molecule has 0 aliphatic rings.